The Labute approximate surface area is 133 Å². The molecule has 0 spiro atoms. The first-order valence-electron chi connectivity index (χ1n) is 6.86. The van der Waals surface area contributed by atoms with Crippen LogP contribution in [0, 0.1) is 0 Å². The maximum atomic E-state index is 9.36. The van der Waals surface area contributed by atoms with E-state index in [1.54, 1.807) is 13.8 Å². The minimum absolute atomic E-state index is 0.0528. The Morgan fingerprint density at radius 3 is 1.87 bits per heavy atom. The molecule has 1 aromatic rings. The summed E-state index contributed by atoms with van der Waals surface area (Å²) in [5.74, 6) is -0.169. The van der Waals surface area contributed by atoms with Crippen molar-refractivity contribution in [1.82, 2.24) is 15.0 Å². The molecular weight excluding hydrogens is 312 g/mol. The van der Waals surface area contributed by atoms with Gasteiger partial charge in [0, 0.05) is 0 Å². The van der Waals surface area contributed by atoms with Gasteiger partial charge in [0.2, 0.25) is 5.95 Å². The smallest absolute Gasteiger partial charge is 0.284 e. The number of anilines is 3. The summed E-state index contributed by atoms with van der Waals surface area (Å²) in [6.07, 6.45) is 0. The second kappa shape index (κ2) is 10.0. The molecule has 0 unspecified atom stereocenters. The van der Waals surface area contributed by atoms with E-state index in [1.807, 2.05) is 0 Å². The van der Waals surface area contributed by atoms with Gasteiger partial charge >= 0.3 is 0 Å². The van der Waals surface area contributed by atoms with Gasteiger partial charge < -0.3 is 15.3 Å². The van der Waals surface area contributed by atoms with E-state index in [4.69, 9.17) is 14.5 Å². The van der Waals surface area contributed by atoms with E-state index in [2.05, 4.69) is 15.0 Å². The molecule has 0 aromatic carbocycles. The number of rotatable bonds is 11. The molecule has 1 heterocycles. The van der Waals surface area contributed by atoms with Gasteiger partial charge in [0.15, 0.2) is 0 Å². The molecule has 12 nitrogen and oxygen atoms in total. The Hall–Kier alpha value is -1.83. The number of hydrogen-bond acceptors (Lipinski definition) is 12. The lowest BCUT2D eigenvalue weighted by Gasteiger charge is -2.24. The highest BCUT2D eigenvalue weighted by molar-refractivity contribution is 5.43. The van der Waals surface area contributed by atoms with Crippen LogP contribution in [0.3, 0.4) is 0 Å². The van der Waals surface area contributed by atoms with Crippen LogP contribution >= 0.6 is 0 Å². The fourth-order valence-corrected chi connectivity index (χ4v) is 1.48. The quantitative estimate of drug-likeness (QED) is 0.324. The predicted octanol–water partition coefficient (Wildman–Crippen LogP) is -1.40. The largest absolute Gasteiger partial charge is 0.376 e. The summed E-state index contributed by atoms with van der Waals surface area (Å²) in [4.78, 5) is 28.6. The summed E-state index contributed by atoms with van der Waals surface area (Å²) in [6, 6.07) is 0. The molecule has 0 amide bonds. The zero-order valence-electron chi connectivity index (χ0n) is 13.3. The third-order valence-corrected chi connectivity index (χ3v) is 2.44. The van der Waals surface area contributed by atoms with E-state index < -0.39 is 20.2 Å². The van der Waals surface area contributed by atoms with Crippen molar-refractivity contribution in [1.29, 1.82) is 0 Å². The molecule has 0 radical (unpaired) electrons. The molecule has 0 saturated carbocycles. The average Bonchev–Trinajstić information content (AvgIpc) is 2.58. The van der Waals surface area contributed by atoms with Crippen molar-refractivity contribution in [3.8, 4) is 0 Å². The Kier molecular flexibility index (Phi) is 8.39. The fourth-order valence-electron chi connectivity index (χ4n) is 1.48. The third kappa shape index (κ3) is 5.09. The SMILES string of the molecule is CCON(CO)c1nc(N(CO)CO)nc(N(OC)OCC)n1. The van der Waals surface area contributed by atoms with Crippen LogP contribution < -0.4 is 15.2 Å². The number of aromatic nitrogens is 3. The normalized spacial score (nSPS) is 10.7. The zero-order valence-corrected chi connectivity index (χ0v) is 13.3. The van der Waals surface area contributed by atoms with Crippen LogP contribution in [0.1, 0.15) is 13.8 Å². The Morgan fingerprint density at radius 2 is 1.39 bits per heavy atom. The van der Waals surface area contributed by atoms with Crippen LogP contribution in [-0.4, -0.2) is 70.8 Å². The van der Waals surface area contributed by atoms with Crippen LogP contribution in [0.15, 0.2) is 0 Å². The molecular formula is C11H22N6O6. The summed E-state index contributed by atoms with van der Waals surface area (Å²) >= 11 is 0. The van der Waals surface area contributed by atoms with E-state index >= 15 is 0 Å². The fraction of sp³-hybridized carbons (Fsp3) is 0.727. The minimum atomic E-state index is -0.533. The summed E-state index contributed by atoms with van der Waals surface area (Å²) in [5.41, 5.74) is 0. The van der Waals surface area contributed by atoms with Gasteiger partial charge in [-0.1, -0.05) is 5.23 Å². The highest BCUT2D eigenvalue weighted by atomic mass is 16.9. The summed E-state index contributed by atoms with van der Waals surface area (Å²) in [7, 11) is 1.35. The van der Waals surface area contributed by atoms with Gasteiger partial charge in [-0.25, -0.2) is 9.68 Å². The van der Waals surface area contributed by atoms with Crippen molar-refractivity contribution >= 4 is 17.8 Å². The first kappa shape index (κ1) is 19.2. The van der Waals surface area contributed by atoms with Crippen LogP contribution in [0.5, 0.6) is 0 Å². The van der Waals surface area contributed by atoms with Crippen LogP contribution in [0.2, 0.25) is 0 Å². The van der Waals surface area contributed by atoms with Crippen LogP contribution in [-0.2, 0) is 14.5 Å². The number of aliphatic hydroxyl groups is 3. The first-order valence-corrected chi connectivity index (χ1v) is 6.86. The molecule has 0 saturated heterocycles. The molecule has 0 fully saturated rings. The van der Waals surface area contributed by atoms with Crippen molar-refractivity contribution in [2.75, 3.05) is 55.7 Å². The third-order valence-electron chi connectivity index (χ3n) is 2.44. The number of hydrogen-bond donors (Lipinski definition) is 3. The van der Waals surface area contributed by atoms with E-state index in [1.165, 1.54) is 7.11 Å². The van der Waals surface area contributed by atoms with Crippen molar-refractivity contribution in [3.63, 3.8) is 0 Å². The van der Waals surface area contributed by atoms with Gasteiger partial charge in [0.05, 0.1) is 20.3 Å². The highest BCUT2D eigenvalue weighted by Gasteiger charge is 2.20. The lowest BCUT2D eigenvalue weighted by molar-refractivity contribution is -0.0673. The molecule has 23 heavy (non-hydrogen) atoms. The van der Waals surface area contributed by atoms with Crippen molar-refractivity contribution < 1.29 is 29.8 Å². The first-order chi connectivity index (χ1) is 11.1. The highest BCUT2D eigenvalue weighted by Crippen LogP contribution is 2.19. The van der Waals surface area contributed by atoms with Crippen molar-refractivity contribution in [2.24, 2.45) is 0 Å². The van der Waals surface area contributed by atoms with E-state index in [9.17, 15) is 15.3 Å². The second-order valence-electron chi connectivity index (χ2n) is 3.85. The molecule has 0 aliphatic carbocycles. The van der Waals surface area contributed by atoms with Gasteiger partial charge in [-0.05, 0) is 13.8 Å². The molecule has 1 aromatic heterocycles. The van der Waals surface area contributed by atoms with Gasteiger partial charge in [-0.3, -0.25) is 9.74 Å². The molecule has 3 N–H and O–H groups in total. The van der Waals surface area contributed by atoms with Gasteiger partial charge in [-0.2, -0.15) is 20.0 Å². The van der Waals surface area contributed by atoms with Crippen molar-refractivity contribution in [3.05, 3.63) is 0 Å². The molecule has 132 valence electrons. The number of nitrogens with zero attached hydrogens (tertiary/aromatic N) is 6. The maximum absolute atomic E-state index is 9.36. The molecule has 12 heteroatoms. The summed E-state index contributed by atoms with van der Waals surface area (Å²) in [5, 5.41) is 29.8. The summed E-state index contributed by atoms with van der Waals surface area (Å²) in [6.45, 7) is 2.42. The van der Waals surface area contributed by atoms with Gasteiger partial charge in [0.1, 0.15) is 20.2 Å². The zero-order chi connectivity index (χ0) is 17.2. The van der Waals surface area contributed by atoms with Crippen LogP contribution in [0.25, 0.3) is 0 Å². The molecule has 0 atom stereocenters. The summed E-state index contributed by atoms with van der Waals surface area (Å²) < 4.78 is 0. The number of hydroxylamine groups is 1. The standard InChI is InChI=1S/C11H22N6O6/c1-4-22-16(8-20)10-12-9(15(6-18)7-19)13-11(14-10)17(21-3)23-5-2/h18-20H,4-8H2,1-3H3. The monoisotopic (exact) mass is 334 g/mol. The molecule has 1 rings (SSSR count). The van der Waals surface area contributed by atoms with E-state index in [-0.39, 0.29) is 31.1 Å². The predicted molar refractivity (Wildman–Crippen MR) is 78.8 cm³/mol. The number of aliphatic hydroxyl groups excluding tert-OH is 3. The second-order valence-corrected chi connectivity index (χ2v) is 3.85. The Morgan fingerprint density at radius 1 is 0.826 bits per heavy atom. The minimum Gasteiger partial charge on any atom is -0.376 e. The Balaban J connectivity index is 3.30. The lowest BCUT2D eigenvalue weighted by Crippen LogP contribution is -2.33. The lowest BCUT2D eigenvalue weighted by atomic mass is 10.7. The van der Waals surface area contributed by atoms with Gasteiger partial charge in [0.25, 0.3) is 11.9 Å². The molecule has 0 aliphatic heterocycles. The van der Waals surface area contributed by atoms with E-state index in [0.717, 1.165) is 15.2 Å². The Bertz CT molecular complexity index is 430. The van der Waals surface area contributed by atoms with Gasteiger partial charge in [-0.15, -0.1) is 0 Å². The average molecular weight is 334 g/mol. The van der Waals surface area contributed by atoms with Crippen molar-refractivity contribution in [2.45, 2.75) is 13.8 Å². The van der Waals surface area contributed by atoms with E-state index in [0.29, 0.717) is 0 Å². The molecule has 0 bridgehead atoms. The molecule has 0 aliphatic rings. The van der Waals surface area contributed by atoms with Crippen LogP contribution in [0.4, 0.5) is 17.8 Å². The maximum Gasteiger partial charge on any atom is 0.284 e. The topological polar surface area (TPSA) is 137 Å².